The maximum atomic E-state index is 11.8. The van der Waals surface area contributed by atoms with Gasteiger partial charge in [0.05, 0.1) is 6.61 Å². The highest BCUT2D eigenvalue weighted by molar-refractivity contribution is 5.75. The zero-order valence-corrected chi connectivity index (χ0v) is 12.5. The highest BCUT2D eigenvalue weighted by Gasteiger charge is 2.31. The summed E-state index contributed by atoms with van der Waals surface area (Å²) >= 11 is 0. The number of nitrogens with one attached hydrogen (secondary N) is 1. The van der Waals surface area contributed by atoms with Gasteiger partial charge in [-0.2, -0.15) is 0 Å². The highest BCUT2D eigenvalue weighted by atomic mass is 16.3. The van der Waals surface area contributed by atoms with Gasteiger partial charge in [-0.1, -0.05) is 51.9 Å². The van der Waals surface area contributed by atoms with Gasteiger partial charge in [-0.15, -0.1) is 0 Å². The van der Waals surface area contributed by atoms with Gasteiger partial charge in [-0.3, -0.25) is 4.79 Å². The first-order valence-electron chi connectivity index (χ1n) is 8.10. The van der Waals surface area contributed by atoms with Crippen molar-refractivity contribution in [2.24, 2.45) is 5.41 Å². The zero-order chi connectivity index (χ0) is 14.0. The largest absolute Gasteiger partial charge is 0.396 e. The zero-order valence-electron chi connectivity index (χ0n) is 12.5. The van der Waals surface area contributed by atoms with Crippen LogP contribution in [0, 0.1) is 5.41 Å². The van der Waals surface area contributed by atoms with Crippen LogP contribution in [-0.2, 0) is 4.79 Å². The fourth-order valence-electron chi connectivity index (χ4n) is 2.96. The molecule has 2 N–H and O–H groups in total. The van der Waals surface area contributed by atoms with Gasteiger partial charge in [0.25, 0.3) is 0 Å². The quantitative estimate of drug-likeness (QED) is 0.630. The lowest BCUT2D eigenvalue weighted by atomic mass is 9.74. The first-order chi connectivity index (χ1) is 9.22. The molecule has 1 saturated carbocycles. The summed E-state index contributed by atoms with van der Waals surface area (Å²) in [5, 5.41) is 12.6. The van der Waals surface area contributed by atoms with E-state index < -0.39 is 0 Å². The number of aliphatic hydroxyl groups excluding tert-OH is 1. The van der Waals surface area contributed by atoms with E-state index in [9.17, 15) is 9.90 Å². The summed E-state index contributed by atoms with van der Waals surface area (Å²) in [4.78, 5) is 11.8. The number of amides is 1. The number of unbranched alkanes of at least 4 members (excludes halogenated alkanes) is 4. The van der Waals surface area contributed by atoms with Gasteiger partial charge in [0.15, 0.2) is 0 Å². The molecule has 0 spiro atoms. The van der Waals surface area contributed by atoms with Gasteiger partial charge in [0, 0.05) is 18.4 Å². The third-order valence-electron chi connectivity index (χ3n) is 4.42. The Bertz CT molecular complexity index is 247. The summed E-state index contributed by atoms with van der Waals surface area (Å²) in [6, 6.07) is 0. The van der Waals surface area contributed by atoms with Crippen LogP contribution in [0.15, 0.2) is 0 Å². The molecule has 19 heavy (non-hydrogen) atoms. The van der Waals surface area contributed by atoms with Crippen LogP contribution in [0.2, 0.25) is 0 Å². The van der Waals surface area contributed by atoms with Crippen LogP contribution in [0.5, 0.6) is 0 Å². The number of rotatable bonds is 9. The predicted molar refractivity (Wildman–Crippen MR) is 79.0 cm³/mol. The second kappa shape index (κ2) is 9.35. The minimum atomic E-state index is -0.0316. The number of hydrogen-bond donors (Lipinski definition) is 2. The molecule has 0 aromatic carbocycles. The van der Waals surface area contributed by atoms with Crippen LogP contribution in [0.4, 0.5) is 0 Å². The Morgan fingerprint density at radius 1 is 1.11 bits per heavy atom. The van der Waals surface area contributed by atoms with E-state index in [4.69, 9.17) is 0 Å². The molecule has 0 unspecified atom stereocenters. The lowest BCUT2D eigenvalue weighted by Gasteiger charge is -2.35. The van der Waals surface area contributed by atoms with Crippen molar-refractivity contribution in [3.8, 4) is 0 Å². The van der Waals surface area contributed by atoms with Crippen LogP contribution in [0.25, 0.3) is 0 Å². The lowest BCUT2D eigenvalue weighted by Crippen LogP contribution is -2.41. The molecule has 112 valence electrons. The molecule has 0 saturated heterocycles. The molecule has 1 rings (SSSR count). The number of aliphatic hydroxyl groups is 1. The molecule has 1 aliphatic carbocycles. The fourth-order valence-corrected chi connectivity index (χ4v) is 2.96. The molecule has 1 amide bonds. The first-order valence-corrected chi connectivity index (χ1v) is 8.10. The van der Waals surface area contributed by atoms with Gasteiger partial charge in [-0.25, -0.2) is 0 Å². The summed E-state index contributed by atoms with van der Waals surface area (Å²) in [5.74, 6) is 0.162. The second-order valence-electron chi connectivity index (χ2n) is 6.16. The Labute approximate surface area is 118 Å². The van der Waals surface area contributed by atoms with Crippen molar-refractivity contribution < 1.29 is 9.90 Å². The lowest BCUT2D eigenvalue weighted by molar-refractivity contribution is -0.122. The molecular weight excluding hydrogens is 238 g/mol. The Hall–Kier alpha value is -0.570. The SMILES string of the molecule is CCCCCCCC(=O)NCC1(CO)CCCCC1. The summed E-state index contributed by atoms with van der Waals surface area (Å²) < 4.78 is 0. The summed E-state index contributed by atoms with van der Waals surface area (Å²) in [6.45, 7) is 3.08. The third kappa shape index (κ3) is 6.42. The van der Waals surface area contributed by atoms with Crippen molar-refractivity contribution in [3.05, 3.63) is 0 Å². The molecule has 0 atom stereocenters. The van der Waals surface area contributed by atoms with Gasteiger partial charge in [0.2, 0.25) is 5.91 Å². The van der Waals surface area contributed by atoms with Crippen LogP contribution in [0.1, 0.15) is 77.6 Å². The summed E-state index contributed by atoms with van der Waals surface area (Å²) in [7, 11) is 0. The van der Waals surface area contributed by atoms with Crippen LogP contribution in [0.3, 0.4) is 0 Å². The van der Waals surface area contributed by atoms with Crippen LogP contribution in [-0.4, -0.2) is 24.2 Å². The highest BCUT2D eigenvalue weighted by Crippen LogP contribution is 2.35. The minimum Gasteiger partial charge on any atom is -0.396 e. The molecule has 0 radical (unpaired) electrons. The number of hydrogen-bond acceptors (Lipinski definition) is 2. The van der Waals surface area contributed by atoms with E-state index in [1.807, 2.05) is 0 Å². The monoisotopic (exact) mass is 269 g/mol. The van der Waals surface area contributed by atoms with Gasteiger partial charge < -0.3 is 10.4 Å². The maximum Gasteiger partial charge on any atom is 0.220 e. The van der Waals surface area contributed by atoms with Crippen molar-refractivity contribution in [2.45, 2.75) is 77.6 Å². The Morgan fingerprint density at radius 2 is 1.79 bits per heavy atom. The summed E-state index contributed by atoms with van der Waals surface area (Å²) in [5.41, 5.74) is -0.0316. The fraction of sp³-hybridized carbons (Fsp3) is 0.938. The van der Waals surface area contributed by atoms with Crippen molar-refractivity contribution >= 4 is 5.91 Å². The molecule has 0 aliphatic heterocycles. The van der Waals surface area contributed by atoms with Crippen molar-refractivity contribution in [2.75, 3.05) is 13.2 Å². The van der Waals surface area contributed by atoms with Crippen molar-refractivity contribution in [1.29, 1.82) is 0 Å². The predicted octanol–water partition coefficient (Wildman–Crippen LogP) is 3.41. The van der Waals surface area contributed by atoms with E-state index in [0.29, 0.717) is 13.0 Å². The maximum absolute atomic E-state index is 11.8. The molecule has 1 fully saturated rings. The number of carbonyl (C=O) groups excluding carboxylic acids is 1. The molecule has 3 nitrogen and oxygen atoms in total. The molecule has 0 heterocycles. The van der Waals surface area contributed by atoms with Gasteiger partial charge >= 0.3 is 0 Å². The van der Waals surface area contributed by atoms with Gasteiger partial charge in [-0.05, 0) is 19.3 Å². The van der Waals surface area contributed by atoms with Crippen LogP contribution < -0.4 is 5.32 Å². The molecule has 0 bridgehead atoms. The molecule has 0 aromatic rings. The van der Waals surface area contributed by atoms with Crippen molar-refractivity contribution in [3.63, 3.8) is 0 Å². The Balaban J connectivity index is 2.14. The van der Waals surface area contributed by atoms with E-state index in [1.165, 1.54) is 38.5 Å². The van der Waals surface area contributed by atoms with E-state index in [2.05, 4.69) is 12.2 Å². The topological polar surface area (TPSA) is 49.3 Å². The van der Waals surface area contributed by atoms with Crippen LogP contribution >= 0.6 is 0 Å². The average molecular weight is 269 g/mol. The molecular formula is C16H31NO2. The van der Waals surface area contributed by atoms with E-state index in [1.54, 1.807) is 0 Å². The summed E-state index contributed by atoms with van der Waals surface area (Å²) in [6.07, 6.45) is 12.3. The van der Waals surface area contributed by atoms with E-state index in [-0.39, 0.29) is 17.9 Å². The van der Waals surface area contributed by atoms with E-state index in [0.717, 1.165) is 25.7 Å². The third-order valence-corrected chi connectivity index (χ3v) is 4.42. The molecule has 1 aliphatic rings. The normalized spacial score (nSPS) is 18.2. The van der Waals surface area contributed by atoms with Gasteiger partial charge in [0.1, 0.15) is 0 Å². The molecule has 0 aromatic heterocycles. The Morgan fingerprint density at radius 3 is 2.42 bits per heavy atom. The average Bonchev–Trinajstić information content (AvgIpc) is 2.46. The molecule has 3 heteroatoms. The van der Waals surface area contributed by atoms with E-state index >= 15 is 0 Å². The smallest absolute Gasteiger partial charge is 0.220 e. The standard InChI is InChI=1S/C16H31NO2/c1-2-3-4-5-7-10-15(19)17-13-16(14-18)11-8-6-9-12-16/h18H,2-14H2,1H3,(H,17,19). The second-order valence-corrected chi connectivity index (χ2v) is 6.16. The Kier molecular flexibility index (Phi) is 8.11. The minimum absolute atomic E-state index is 0.0316. The number of carbonyl (C=O) groups is 1. The van der Waals surface area contributed by atoms with Crippen molar-refractivity contribution in [1.82, 2.24) is 5.32 Å². The first kappa shape index (κ1) is 16.5.